The van der Waals surface area contributed by atoms with Crippen LogP contribution in [0.5, 0.6) is 0 Å². The van der Waals surface area contributed by atoms with Crippen LogP contribution in [0.3, 0.4) is 0 Å². The van der Waals surface area contributed by atoms with E-state index in [0.717, 1.165) is 25.7 Å². The summed E-state index contributed by atoms with van der Waals surface area (Å²) in [5.41, 5.74) is 7.35. The van der Waals surface area contributed by atoms with Crippen LogP contribution in [0.1, 0.15) is 47.6 Å². The van der Waals surface area contributed by atoms with E-state index in [2.05, 4.69) is 15.5 Å². The Labute approximate surface area is 160 Å². The fourth-order valence-corrected chi connectivity index (χ4v) is 3.55. The van der Waals surface area contributed by atoms with Gasteiger partial charge >= 0.3 is 0 Å². The summed E-state index contributed by atoms with van der Waals surface area (Å²) in [5, 5.41) is 7.40. The minimum Gasteiger partial charge on any atom is -0.469 e. The summed E-state index contributed by atoms with van der Waals surface area (Å²) in [6.07, 6.45) is 5.22. The molecule has 0 aliphatic heterocycles. The van der Waals surface area contributed by atoms with Crippen molar-refractivity contribution in [2.45, 2.75) is 38.1 Å². The zero-order chi connectivity index (χ0) is 19.0. The molecule has 0 radical (unpaired) electrons. The Kier molecular flexibility index (Phi) is 4.49. The number of nitrogens with two attached hydrogens (primary N) is 1. The second kappa shape index (κ2) is 6.83. The van der Waals surface area contributed by atoms with Crippen molar-refractivity contribution in [3.63, 3.8) is 0 Å². The molecular weight excluding hydrogens is 368 g/mol. The third kappa shape index (κ3) is 3.36. The molecule has 1 aliphatic carbocycles. The van der Waals surface area contributed by atoms with E-state index in [4.69, 9.17) is 26.3 Å². The quantitative estimate of drug-likeness (QED) is 0.693. The van der Waals surface area contributed by atoms with Crippen LogP contribution in [0.4, 0.5) is 5.69 Å². The van der Waals surface area contributed by atoms with Crippen molar-refractivity contribution >= 4 is 23.2 Å². The van der Waals surface area contributed by atoms with E-state index in [-0.39, 0.29) is 11.8 Å². The number of halogens is 1. The summed E-state index contributed by atoms with van der Waals surface area (Å²) in [6, 6.07) is 6.68. The molecule has 1 aromatic carbocycles. The number of hydrogen-bond acceptors (Lipinski definition) is 6. The first kappa shape index (κ1) is 17.8. The molecule has 3 N–H and O–H groups in total. The Morgan fingerprint density at radius 1 is 1.30 bits per heavy atom. The molecule has 2 heterocycles. The number of hydrogen-bond donors (Lipinski definition) is 2. The molecule has 0 spiro atoms. The highest BCUT2D eigenvalue weighted by molar-refractivity contribution is 6.31. The van der Waals surface area contributed by atoms with Gasteiger partial charge in [0.25, 0.3) is 11.8 Å². The minimum absolute atomic E-state index is 0.289. The van der Waals surface area contributed by atoms with Gasteiger partial charge in [-0.3, -0.25) is 4.79 Å². The normalized spacial score (nSPS) is 15.8. The number of furan rings is 1. The van der Waals surface area contributed by atoms with Gasteiger partial charge in [-0.1, -0.05) is 29.6 Å². The largest absolute Gasteiger partial charge is 0.469 e. The summed E-state index contributed by atoms with van der Waals surface area (Å²) in [5.74, 6) is 1.00. The fourth-order valence-electron chi connectivity index (χ4n) is 3.38. The van der Waals surface area contributed by atoms with Crippen molar-refractivity contribution in [2.75, 3.05) is 5.32 Å². The number of amides is 1. The third-order valence-corrected chi connectivity index (χ3v) is 5.17. The number of aryl methyl sites for hydroxylation is 1. The van der Waals surface area contributed by atoms with Crippen molar-refractivity contribution in [1.29, 1.82) is 0 Å². The number of carbonyl (C=O) groups is 1. The summed E-state index contributed by atoms with van der Waals surface area (Å²) in [6.45, 7) is 1.72. The maximum atomic E-state index is 12.6. The van der Waals surface area contributed by atoms with Gasteiger partial charge in [-0.25, -0.2) is 0 Å². The summed E-state index contributed by atoms with van der Waals surface area (Å²) in [7, 11) is 0. The molecule has 1 aliphatic rings. The van der Waals surface area contributed by atoms with E-state index < -0.39 is 5.54 Å². The van der Waals surface area contributed by atoms with Crippen LogP contribution in [0.25, 0.3) is 11.5 Å². The van der Waals surface area contributed by atoms with Gasteiger partial charge in [0.2, 0.25) is 0 Å². The van der Waals surface area contributed by atoms with Crippen LogP contribution < -0.4 is 11.1 Å². The highest BCUT2D eigenvalue weighted by atomic mass is 35.5. The first-order valence-electron chi connectivity index (χ1n) is 8.75. The summed E-state index contributed by atoms with van der Waals surface area (Å²) >= 11 is 6.12. The molecule has 140 valence electrons. The first-order valence-corrected chi connectivity index (χ1v) is 9.12. The Balaban J connectivity index is 1.67. The number of carbonyl (C=O) groups excluding carboxylic acids is 1. The maximum Gasteiger partial charge on any atom is 0.260 e. The van der Waals surface area contributed by atoms with E-state index in [1.165, 1.54) is 6.26 Å². The molecule has 0 atom stereocenters. The zero-order valence-electron chi connectivity index (χ0n) is 14.8. The van der Waals surface area contributed by atoms with Crippen molar-refractivity contribution in [2.24, 2.45) is 5.73 Å². The van der Waals surface area contributed by atoms with Crippen molar-refractivity contribution in [3.8, 4) is 11.5 Å². The average molecular weight is 387 g/mol. The molecule has 7 nitrogen and oxygen atoms in total. The molecule has 2 aromatic heterocycles. The topological polar surface area (TPSA) is 107 Å². The SMILES string of the molecule is Cc1occc1C(=O)Nc1cc(Cl)ccc1-c1nc(C2(N)CCCC2)no1. The number of nitrogens with zero attached hydrogens (tertiary/aromatic N) is 2. The molecule has 4 rings (SSSR count). The summed E-state index contributed by atoms with van der Waals surface area (Å²) < 4.78 is 10.6. The molecule has 27 heavy (non-hydrogen) atoms. The predicted molar refractivity (Wildman–Crippen MR) is 100 cm³/mol. The number of nitrogens with one attached hydrogen (secondary N) is 1. The van der Waals surface area contributed by atoms with Crippen LogP contribution in [-0.2, 0) is 5.54 Å². The average Bonchev–Trinajstić information content (AvgIpc) is 3.36. The lowest BCUT2D eigenvalue weighted by Gasteiger charge is -2.17. The van der Waals surface area contributed by atoms with Crippen LogP contribution in [0.2, 0.25) is 5.02 Å². The van der Waals surface area contributed by atoms with Crippen LogP contribution in [0.15, 0.2) is 39.5 Å². The molecular formula is C19H19ClN4O3. The predicted octanol–water partition coefficient (Wildman–Crippen LogP) is 4.27. The molecule has 1 amide bonds. The van der Waals surface area contributed by atoms with Crippen LogP contribution in [0, 0.1) is 6.92 Å². The van der Waals surface area contributed by atoms with Crippen LogP contribution >= 0.6 is 11.6 Å². The standard InChI is InChI=1S/C19H19ClN4O3/c1-11-13(6-9-26-11)16(25)22-15-10-12(20)4-5-14(15)17-23-18(24-27-17)19(21)7-2-3-8-19/h4-6,9-10H,2-3,7-8,21H2,1H3,(H,22,25). The van der Waals surface area contributed by atoms with Gasteiger partial charge in [0.1, 0.15) is 5.76 Å². The number of benzene rings is 1. The number of rotatable bonds is 4. The van der Waals surface area contributed by atoms with E-state index in [0.29, 0.717) is 33.4 Å². The highest BCUT2D eigenvalue weighted by Crippen LogP contribution is 2.37. The van der Waals surface area contributed by atoms with E-state index >= 15 is 0 Å². The molecule has 8 heteroatoms. The Morgan fingerprint density at radius 3 is 2.78 bits per heavy atom. The molecule has 0 bridgehead atoms. The number of aromatic nitrogens is 2. The van der Waals surface area contributed by atoms with Gasteiger partial charge in [-0.05, 0) is 44.0 Å². The van der Waals surface area contributed by atoms with Gasteiger partial charge in [0, 0.05) is 5.02 Å². The zero-order valence-corrected chi connectivity index (χ0v) is 15.5. The Morgan fingerprint density at radius 2 is 2.07 bits per heavy atom. The van der Waals surface area contributed by atoms with Gasteiger partial charge in [-0.2, -0.15) is 4.98 Å². The molecule has 0 unspecified atom stereocenters. The lowest BCUT2D eigenvalue weighted by molar-refractivity contribution is 0.102. The van der Waals surface area contributed by atoms with Crippen molar-refractivity contribution in [1.82, 2.24) is 10.1 Å². The van der Waals surface area contributed by atoms with E-state index in [1.807, 2.05) is 0 Å². The minimum atomic E-state index is -0.550. The monoisotopic (exact) mass is 386 g/mol. The third-order valence-electron chi connectivity index (χ3n) is 4.93. The van der Waals surface area contributed by atoms with Gasteiger partial charge < -0.3 is 20.0 Å². The van der Waals surface area contributed by atoms with E-state index in [9.17, 15) is 4.79 Å². The molecule has 3 aromatic rings. The fraction of sp³-hybridized carbons (Fsp3) is 0.316. The summed E-state index contributed by atoms with van der Waals surface area (Å²) in [4.78, 5) is 17.1. The highest BCUT2D eigenvalue weighted by Gasteiger charge is 2.36. The van der Waals surface area contributed by atoms with Crippen molar-refractivity contribution < 1.29 is 13.7 Å². The second-order valence-electron chi connectivity index (χ2n) is 6.82. The van der Waals surface area contributed by atoms with Gasteiger partial charge in [0.05, 0.1) is 28.6 Å². The van der Waals surface area contributed by atoms with E-state index in [1.54, 1.807) is 31.2 Å². The Hall–Kier alpha value is -2.64. The first-order chi connectivity index (χ1) is 13.0. The molecule has 1 saturated carbocycles. The van der Waals surface area contributed by atoms with Gasteiger partial charge in [-0.15, -0.1) is 0 Å². The maximum absolute atomic E-state index is 12.6. The second-order valence-corrected chi connectivity index (χ2v) is 7.26. The lowest BCUT2D eigenvalue weighted by atomic mass is 9.98. The lowest BCUT2D eigenvalue weighted by Crippen LogP contribution is -2.34. The molecule has 1 fully saturated rings. The van der Waals surface area contributed by atoms with Crippen molar-refractivity contribution in [3.05, 3.63) is 52.7 Å². The van der Waals surface area contributed by atoms with Gasteiger partial charge in [0.15, 0.2) is 5.82 Å². The smallest absolute Gasteiger partial charge is 0.260 e. The number of anilines is 1. The Bertz CT molecular complexity index is 989. The molecule has 0 saturated heterocycles. The van der Waals surface area contributed by atoms with Crippen LogP contribution in [-0.4, -0.2) is 16.0 Å².